The van der Waals surface area contributed by atoms with E-state index in [2.05, 4.69) is 69.0 Å². The molecule has 0 fully saturated rings. The van der Waals surface area contributed by atoms with Gasteiger partial charge in [0.05, 0.1) is 5.69 Å². The van der Waals surface area contributed by atoms with Gasteiger partial charge < -0.3 is 5.32 Å². The lowest BCUT2D eigenvalue weighted by atomic mass is 10.2. The second-order valence-electron chi connectivity index (χ2n) is 3.83. The van der Waals surface area contributed by atoms with E-state index in [4.69, 9.17) is 0 Å². The van der Waals surface area contributed by atoms with Crippen LogP contribution in [0.15, 0.2) is 48.2 Å². The molecule has 0 aliphatic rings. The van der Waals surface area contributed by atoms with Crippen molar-refractivity contribution >= 4 is 69.4 Å². The quantitative estimate of drug-likeness (QED) is 0.492. The van der Waals surface area contributed by atoms with Crippen LogP contribution in [0.5, 0.6) is 0 Å². The van der Waals surface area contributed by atoms with Crippen LogP contribution in [0.4, 0.5) is 10.1 Å². The van der Waals surface area contributed by atoms with Gasteiger partial charge in [-0.15, -0.1) is 0 Å². The molecule has 6 heteroatoms. The van der Waals surface area contributed by atoms with Crippen molar-refractivity contribution in [1.29, 1.82) is 0 Å². The van der Waals surface area contributed by atoms with Crippen LogP contribution in [0.1, 0.15) is 5.56 Å². The molecule has 0 aromatic heterocycles. The first-order chi connectivity index (χ1) is 8.97. The molecule has 1 nitrogen and oxygen atoms in total. The Labute approximate surface area is 144 Å². The molecule has 0 atom stereocenters. The zero-order chi connectivity index (χ0) is 14.0. The maximum Gasteiger partial charge on any atom is 0.123 e. The molecule has 0 bridgehead atoms. The first-order valence-corrected chi connectivity index (χ1v) is 8.47. The maximum absolute atomic E-state index is 13.2. The summed E-state index contributed by atoms with van der Waals surface area (Å²) in [6, 6.07) is 8.55. The Bertz CT molecular complexity index is 593. The number of hydrogen-bond acceptors (Lipinski definition) is 1. The average Bonchev–Trinajstić information content (AvgIpc) is 2.32. The summed E-state index contributed by atoms with van der Waals surface area (Å²) in [6.45, 7) is 0.525. The normalized spacial score (nSPS) is 10.6. The molecule has 19 heavy (non-hydrogen) atoms. The number of hydrogen-bond donors (Lipinski definition) is 1. The molecule has 2 aromatic rings. The largest absolute Gasteiger partial charge is 0.379 e. The van der Waals surface area contributed by atoms with Gasteiger partial charge in [0.2, 0.25) is 0 Å². The minimum Gasteiger partial charge on any atom is -0.379 e. The fraction of sp³-hybridized carbons (Fsp3) is 0.0769. The van der Waals surface area contributed by atoms with Crippen molar-refractivity contribution in [2.24, 2.45) is 0 Å². The van der Waals surface area contributed by atoms with Gasteiger partial charge in [0.25, 0.3) is 0 Å². The summed E-state index contributed by atoms with van der Waals surface area (Å²) in [5.74, 6) is -0.242. The van der Waals surface area contributed by atoms with Crippen molar-refractivity contribution in [1.82, 2.24) is 0 Å². The third-order valence-electron chi connectivity index (χ3n) is 2.47. The summed E-state index contributed by atoms with van der Waals surface area (Å²) in [5, 5.41) is 3.28. The van der Waals surface area contributed by atoms with E-state index < -0.39 is 0 Å². The van der Waals surface area contributed by atoms with Crippen LogP contribution < -0.4 is 5.32 Å². The molecule has 0 spiro atoms. The SMILES string of the molecule is Fc1ccc(Br)c(CNc2c(Br)cc(Br)cc2Br)c1. The second kappa shape index (κ2) is 6.70. The molecule has 0 radical (unpaired) electrons. The first kappa shape index (κ1) is 15.5. The van der Waals surface area contributed by atoms with Crippen molar-refractivity contribution in [2.75, 3.05) is 5.32 Å². The number of nitrogens with one attached hydrogen (secondary N) is 1. The van der Waals surface area contributed by atoms with Crippen LogP contribution in [0, 0.1) is 5.82 Å². The molecule has 1 N–H and O–H groups in total. The van der Waals surface area contributed by atoms with Gasteiger partial charge in [-0.25, -0.2) is 4.39 Å². The molecule has 0 aliphatic carbocycles. The predicted octanol–water partition coefficient (Wildman–Crippen LogP) is 6.49. The van der Waals surface area contributed by atoms with Crippen LogP contribution in [0.3, 0.4) is 0 Å². The summed E-state index contributed by atoms with van der Waals surface area (Å²) in [7, 11) is 0. The van der Waals surface area contributed by atoms with E-state index in [0.29, 0.717) is 6.54 Å². The Kier molecular flexibility index (Phi) is 5.45. The highest BCUT2D eigenvalue weighted by molar-refractivity contribution is 9.11. The average molecular weight is 517 g/mol. The third-order valence-corrected chi connectivity index (χ3v) is 4.95. The first-order valence-electron chi connectivity index (χ1n) is 5.29. The summed E-state index contributed by atoms with van der Waals surface area (Å²) >= 11 is 13.8. The van der Waals surface area contributed by atoms with Crippen molar-refractivity contribution in [3.05, 3.63) is 59.6 Å². The minimum atomic E-state index is -0.242. The molecule has 100 valence electrons. The van der Waals surface area contributed by atoms with Gasteiger partial charge in [0.15, 0.2) is 0 Å². The smallest absolute Gasteiger partial charge is 0.123 e. The molecule has 0 aliphatic heterocycles. The standard InChI is InChI=1S/C13H8Br4FN/c14-8-4-11(16)13(12(17)5-8)19-6-7-3-9(18)1-2-10(7)15/h1-5,19H,6H2. The lowest BCUT2D eigenvalue weighted by Gasteiger charge is -2.12. The van der Waals surface area contributed by atoms with E-state index in [-0.39, 0.29) is 5.82 Å². The molecule has 0 saturated heterocycles. The van der Waals surface area contributed by atoms with Crippen LogP contribution in [0.2, 0.25) is 0 Å². The minimum absolute atomic E-state index is 0.242. The van der Waals surface area contributed by atoms with Crippen molar-refractivity contribution in [3.8, 4) is 0 Å². The van der Waals surface area contributed by atoms with Crippen LogP contribution in [-0.2, 0) is 6.54 Å². The van der Waals surface area contributed by atoms with Crippen molar-refractivity contribution in [2.45, 2.75) is 6.54 Å². The van der Waals surface area contributed by atoms with Gasteiger partial charge >= 0.3 is 0 Å². The Balaban J connectivity index is 2.21. The number of anilines is 1. The summed E-state index contributed by atoms with van der Waals surface area (Å²) in [6.07, 6.45) is 0. The van der Waals surface area contributed by atoms with Crippen LogP contribution >= 0.6 is 63.7 Å². The number of benzene rings is 2. The number of halogens is 5. The van der Waals surface area contributed by atoms with Crippen molar-refractivity contribution < 1.29 is 4.39 Å². The monoisotopic (exact) mass is 513 g/mol. The molecular formula is C13H8Br4FN. The zero-order valence-corrected chi connectivity index (χ0v) is 15.8. The summed E-state index contributed by atoms with van der Waals surface area (Å²) < 4.78 is 16.9. The van der Waals surface area contributed by atoms with E-state index >= 15 is 0 Å². The van der Waals surface area contributed by atoms with E-state index in [1.165, 1.54) is 12.1 Å². The van der Waals surface area contributed by atoms with Crippen LogP contribution in [0.25, 0.3) is 0 Å². The highest BCUT2D eigenvalue weighted by Crippen LogP contribution is 2.35. The highest BCUT2D eigenvalue weighted by Gasteiger charge is 2.08. The van der Waals surface area contributed by atoms with E-state index in [0.717, 1.165) is 29.1 Å². The van der Waals surface area contributed by atoms with E-state index in [1.54, 1.807) is 6.07 Å². The fourth-order valence-corrected chi connectivity index (χ4v) is 4.50. The molecule has 0 saturated carbocycles. The van der Waals surface area contributed by atoms with E-state index in [9.17, 15) is 4.39 Å². The molecule has 0 heterocycles. The second-order valence-corrected chi connectivity index (χ2v) is 7.31. The predicted molar refractivity (Wildman–Crippen MR) is 91.0 cm³/mol. The molecule has 2 aromatic carbocycles. The fourth-order valence-electron chi connectivity index (χ4n) is 1.57. The van der Waals surface area contributed by atoms with Gasteiger partial charge in [-0.2, -0.15) is 0 Å². The Morgan fingerprint density at radius 2 is 1.53 bits per heavy atom. The molecule has 0 amide bonds. The Morgan fingerprint density at radius 1 is 0.895 bits per heavy atom. The molecule has 2 rings (SSSR count). The molecular weight excluding hydrogens is 509 g/mol. The lowest BCUT2D eigenvalue weighted by molar-refractivity contribution is 0.625. The summed E-state index contributed by atoms with van der Waals surface area (Å²) in [5.41, 5.74) is 1.79. The van der Waals surface area contributed by atoms with Crippen molar-refractivity contribution in [3.63, 3.8) is 0 Å². The lowest BCUT2D eigenvalue weighted by Crippen LogP contribution is -2.02. The van der Waals surface area contributed by atoms with Gasteiger partial charge in [-0.1, -0.05) is 31.9 Å². The van der Waals surface area contributed by atoms with Crippen LogP contribution in [-0.4, -0.2) is 0 Å². The molecule has 0 unspecified atom stereocenters. The van der Waals surface area contributed by atoms with Gasteiger partial charge in [-0.3, -0.25) is 0 Å². The number of rotatable bonds is 3. The Morgan fingerprint density at radius 3 is 2.16 bits per heavy atom. The Hall–Kier alpha value is 0.0900. The maximum atomic E-state index is 13.2. The van der Waals surface area contributed by atoms with E-state index in [1.807, 2.05) is 12.1 Å². The van der Waals surface area contributed by atoms with Gasteiger partial charge in [0, 0.05) is 24.4 Å². The highest BCUT2D eigenvalue weighted by atomic mass is 79.9. The summed E-state index contributed by atoms with van der Waals surface area (Å²) in [4.78, 5) is 0. The van der Waals surface area contributed by atoms with Gasteiger partial charge in [0.1, 0.15) is 5.82 Å². The van der Waals surface area contributed by atoms with Gasteiger partial charge in [-0.05, 0) is 67.8 Å². The third kappa shape index (κ3) is 4.03. The topological polar surface area (TPSA) is 12.0 Å². The zero-order valence-electron chi connectivity index (χ0n) is 9.48.